The van der Waals surface area contributed by atoms with Crippen LogP contribution in [0.1, 0.15) is 40.8 Å². The summed E-state index contributed by atoms with van der Waals surface area (Å²) in [5.41, 5.74) is 6.13. The third-order valence-corrected chi connectivity index (χ3v) is 5.51. The average Bonchev–Trinajstić information content (AvgIpc) is 3.14. The van der Waals surface area contributed by atoms with Crippen LogP contribution in [0.4, 0.5) is 0 Å². The summed E-state index contributed by atoms with van der Waals surface area (Å²) >= 11 is 0. The number of nitrogens with zero attached hydrogens (tertiary/aromatic N) is 1. The van der Waals surface area contributed by atoms with Crippen molar-refractivity contribution in [1.82, 2.24) is 10.3 Å². The van der Waals surface area contributed by atoms with Crippen LogP contribution in [-0.2, 0) is 17.8 Å². The Balaban J connectivity index is 1.35. The number of carbonyl (C=O) groups excluding carboxylic acids is 1. The maximum Gasteiger partial charge on any atom is 0.225 e. The number of fused-ring (bicyclic) bond motifs is 1. The Labute approximate surface area is 182 Å². The van der Waals surface area contributed by atoms with Crippen molar-refractivity contribution < 1.29 is 13.9 Å². The topological polar surface area (TPSA) is 64.4 Å². The average molecular weight is 415 g/mol. The van der Waals surface area contributed by atoms with Gasteiger partial charge in [-0.3, -0.25) is 9.78 Å². The van der Waals surface area contributed by atoms with E-state index in [9.17, 15) is 4.79 Å². The summed E-state index contributed by atoms with van der Waals surface area (Å²) in [5.74, 6) is 0.743. The van der Waals surface area contributed by atoms with Gasteiger partial charge in [-0.1, -0.05) is 18.2 Å². The summed E-state index contributed by atoms with van der Waals surface area (Å²) in [7, 11) is 0. The minimum absolute atomic E-state index is 0.0367. The first-order chi connectivity index (χ1) is 15.0. The van der Waals surface area contributed by atoms with Crippen molar-refractivity contribution in [3.63, 3.8) is 0 Å². The number of furan rings is 1. The lowest BCUT2D eigenvalue weighted by molar-refractivity contribution is -0.121. The lowest BCUT2D eigenvalue weighted by Crippen LogP contribution is -2.28. The van der Waals surface area contributed by atoms with Gasteiger partial charge in [0.25, 0.3) is 0 Å². The zero-order chi connectivity index (χ0) is 21.8. The molecule has 1 amide bonds. The van der Waals surface area contributed by atoms with E-state index in [4.69, 9.17) is 9.15 Å². The molecule has 158 valence electrons. The number of aryl methyl sites for hydroxylation is 2. The summed E-state index contributed by atoms with van der Waals surface area (Å²) in [6.45, 7) is 6.57. The van der Waals surface area contributed by atoms with Crippen LogP contribution in [0.3, 0.4) is 0 Å². The first-order valence-corrected chi connectivity index (χ1v) is 10.4. The predicted octanol–water partition coefficient (Wildman–Crippen LogP) is 5.44. The molecule has 1 atom stereocenters. The fourth-order valence-corrected chi connectivity index (χ4v) is 3.52. The van der Waals surface area contributed by atoms with Crippen LogP contribution in [-0.4, -0.2) is 10.9 Å². The number of amides is 1. The molecule has 0 spiro atoms. The second-order valence-electron chi connectivity index (χ2n) is 7.88. The van der Waals surface area contributed by atoms with Gasteiger partial charge in [-0.25, -0.2) is 0 Å². The third-order valence-electron chi connectivity index (χ3n) is 5.51. The molecule has 5 heteroatoms. The molecule has 0 saturated carbocycles. The van der Waals surface area contributed by atoms with Crippen LogP contribution in [0.25, 0.3) is 11.0 Å². The molecule has 1 unspecified atom stereocenters. The molecule has 0 aliphatic rings. The van der Waals surface area contributed by atoms with Gasteiger partial charge in [0.05, 0.1) is 18.7 Å². The highest BCUT2D eigenvalue weighted by molar-refractivity contribution is 5.88. The summed E-state index contributed by atoms with van der Waals surface area (Å²) in [6, 6.07) is 15.7. The number of rotatable bonds is 7. The van der Waals surface area contributed by atoms with E-state index in [2.05, 4.69) is 30.2 Å². The molecular formula is C26H26N2O3. The Morgan fingerprint density at radius 1 is 1.13 bits per heavy atom. The molecule has 5 nitrogen and oxygen atoms in total. The van der Waals surface area contributed by atoms with Crippen LogP contribution in [0.2, 0.25) is 0 Å². The van der Waals surface area contributed by atoms with Crippen molar-refractivity contribution in [3.8, 4) is 5.75 Å². The molecule has 1 N–H and O–H groups in total. The molecule has 2 aromatic heterocycles. The number of nitrogens with one attached hydrogen (secondary N) is 1. The Bertz CT molecular complexity index is 1180. The van der Waals surface area contributed by atoms with E-state index in [1.54, 1.807) is 18.7 Å². The Hall–Kier alpha value is -3.60. The van der Waals surface area contributed by atoms with Crippen molar-refractivity contribution in [3.05, 3.63) is 95.0 Å². The number of aromatic nitrogens is 1. The van der Waals surface area contributed by atoms with E-state index >= 15 is 0 Å². The monoisotopic (exact) mass is 414 g/mol. The van der Waals surface area contributed by atoms with Crippen LogP contribution in [0.15, 0.2) is 71.6 Å². The first kappa shape index (κ1) is 20.7. The molecule has 4 rings (SSSR count). The molecule has 0 fully saturated rings. The van der Waals surface area contributed by atoms with Gasteiger partial charge in [0.1, 0.15) is 17.9 Å². The van der Waals surface area contributed by atoms with Crippen molar-refractivity contribution >= 4 is 16.9 Å². The van der Waals surface area contributed by atoms with Crippen LogP contribution in [0.5, 0.6) is 5.75 Å². The van der Waals surface area contributed by atoms with Gasteiger partial charge in [0.15, 0.2) is 0 Å². The van der Waals surface area contributed by atoms with Gasteiger partial charge < -0.3 is 14.5 Å². The highest BCUT2D eigenvalue weighted by Crippen LogP contribution is 2.25. The number of carbonyl (C=O) groups is 1. The highest BCUT2D eigenvalue weighted by Gasteiger charge is 2.14. The summed E-state index contributed by atoms with van der Waals surface area (Å²) in [4.78, 5) is 16.7. The smallest absolute Gasteiger partial charge is 0.225 e. The highest BCUT2D eigenvalue weighted by atomic mass is 16.5. The fraction of sp³-hybridized carbons (Fsp3) is 0.231. The largest absolute Gasteiger partial charge is 0.489 e. The van der Waals surface area contributed by atoms with E-state index in [1.165, 1.54) is 11.1 Å². The quantitative estimate of drug-likeness (QED) is 0.437. The van der Waals surface area contributed by atoms with Gasteiger partial charge in [-0.05, 0) is 67.8 Å². The zero-order valence-electron chi connectivity index (χ0n) is 18.0. The lowest BCUT2D eigenvalue weighted by atomic mass is 10.0. The minimum Gasteiger partial charge on any atom is -0.489 e. The maximum atomic E-state index is 12.6. The number of pyridine rings is 1. The Morgan fingerprint density at radius 2 is 1.90 bits per heavy atom. The SMILES string of the molecule is Cc1cc2occ(CC(=O)NC(C)c3ccc(OCc4cccnc4)cc3)c2cc1C. The van der Waals surface area contributed by atoms with Gasteiger partial charge in [-0.2, -0.15) is 0 Å². The summed E-state index contributed by atoms with van der Waals surface area (Å²) in [6.07, 6.45) is 5.50. The van der Waals surface area contributed by atoms with Crippen LogP contribution < -0.4 is 10.1 Å². The van der Waals surface area contributed by atoms with E-state index in [-0.39, 0.29) is 18.4 Å². The normalized spacial score (nSPS) is 12.0. The second-order valence-corrected chi connectivity index (χ2v) is 7.88. The number of ether oxygens (including phenoxy) is 1. The maximum absolute atomic E-state index is 12.6. The van der Waals surface area contributed by atoms with E-state index in [1.807, 2.05) is 49.4 Å². The summed E-state index contributed by atoms with van der Waals surface area (Å²) in [5, 5.41) is 4.07. The second kappa shape index (κ2) is 9.04. The van der Waals surface area contributed by atoms with E-state index in [0.29, 0.717) is 6.61 Å². The zero-order valence-corrected chi connectivity index (χ0v) is 18.0. The van der Waals surface area contributed by atoms with E-state index in [0.717, 1.165) is 33.4 Å². The lowest BCUT2D eigenvalue weighted by Gasteiger charge is -2.15. The first-order valence-electron chi connectivity index (χ1n) is 10.4. The Kier molecular flexibility index (Phi) is 6.03. The molecule has 0 radical (unpaired) electrons. The van der Waals surface area contributed by atoms with Crippen molar-refractivity contribution in [1.29, 1.82) is 0 Å². The van der Waals surface area contributed by atoms with Crippen molar-refractivity contribution in [2.75, 3.05) is 0 Å². The molecule has 2 heterocycles. The van der Waals surface area contributed by atoms with Crippen LogP contribution >= 0.6 is 0 Å². The van der Waals surface area contributed by atoms with Gasteiger partial charge >= 0.3 is 0 Å². The van der Waals surface area contributed by atoms with E-state index < -0.39 is 0 Å². The third kappa shape index (κ3) is 4.94. The Morgan fingerprint density at radius 3 is 2.65 bits per heavy atom. The molecule has 0 aliphatic heterocycles. The number of benzene rings is 2. The molecule has 31 heavy (non-hydrogen) atoms. The standard InChI is InChI=1S/C26H26N2O3/c1-17-11-24-22(16-31-25(24)12-18(17)2)13-26(29)28-19(3)21-6-8-23(9-7-21)30-15-20-5-4-10-27-14-20/h4-12,14,16,19H,13,15H2,1-3H3,(H,28,29). The van der Waals surface area contributed by atoms with Gasteiger partial charge in [0.2, 0.25) is 5.91 Å². The predicted molar refractivity (Wildman–Crippen MR) is 121 cm³/mol. The van der Waals surface area contributed by atoms with Crippen LogP contribution in [0, 0.1) is 13.8 Å². The molecule has 0 aliphatic carbocycles. The van der Waals surface area contributed by atoms with Gasteiger partial charge in [-0.15, -0.1) is 0 Å². The molecule has 4 aromatic rings. The number of hydrogen-bond acceptors (Lipinski definition) is 4. The molecule has 0 bridgehead atoms. The molecule has 2 aromatic carbocycles. The molecule has 0 saturated heterocycles. The fourth-order valence-electron chi connectivity index (χ4n) is 3.52. The van der Waals surface area contributed by atoms with Gasteiger partial charge in [0, 0.05) is 28.9 Å². The summed E-state index contributed by atoms with van der Waals surface area (Å²) < 4.78 is 11.4. The van der Waals surface area contributed by atoms with Crippen molar-refractivity contribution in [2.24, 2.45) is 0 Å². The molecular weight excluding hydrogens is 388 g/mol. The van der Waals surface area contributed by atoms with Crippen molar-refractivity contribution in [2.45, 2.75) is 39.8 Å². The number of hydrogen-bond donors (Lipinski definition) is 1. The minimum atomic E-state index is -0.109.